The molecule has 25 heavy (non-hydrogen) atoms. The Hall–Kier alpha value is -2.66. The third-order valence-electron chi connectivity index (χ3n) is 3.81. The van der Waals surface area contributed by atoms with Crippen LogP contribution < -0.4 is 10.2 Å². The Bertz CT molecular complexity index is 659. The molecule has 2 rings (SSSR count). The molecule has 0 aliphatic carbocycles. The molecular formula is C20H24N2O3. The lowest BCUT2D eigenvalue weighted by Gasteiger charge is -2.22. The predicted molar refractivity (Wildman–Crippen MR) is 98.0 cm³/mol. The summed E-state index contributed by atoms with van der Waals surface area (Å²) in [6.45, 7) is 0.909. The molecule has 0 aliphatic heterocycles. The molecule has 0 radical (unpaired) electrons. The number of nitrogens with zero attached hydrogens (tertiary/aromatic N) is 1. The first-order chi connectivity index (χ1) is 12.2. The first-order valence-electron chi connectivity index (χ1n) is 8.52. The minimum atomic E-state index is -0.608. The second kappa shape index (κ2) is 10.3. The van der Waals surface area contributed by atoms with Crippen molar-refractivity contribution in [3.63, 3.8) is 0 Å². The number of amides is 2. The van der Waals surface area contributed by atoms with Crippen LogP contribution in [0.15, 0.2) is 60.7 Å². The van der Waals surface area contributed by atoms with Crippen LogP contribution in [0.3, 0.4) is 0 Å². The van der Waals surface area contributed by atoms with Crippen molar-refractivity contribution in [2.24, 2.45) is 0 Å². The first kappa shape index (κ1) is 18.7. The van der Waals surface area contributed by atoms with Crippen LogP contribution in [0.5, 0.6) is 0 Å². The average molecular weight is 340 g/mol. The minimum absolute atomic E-state index is 0.145. The van der Waals surface area contributed by atoms with Crippen LogP contribution in [0, 0.1) is 0 Å². The predicted octanol–water partition coefficient (Wildman–Crippen LogP) is 2.50. The van der Waals surface area contributed by atoms with Crippen molar-refractivity contribution < 1.29 is 14.7 Å². The topological polar surface area (TPSA) is 69.6 Å². The molecule has 5 nitrogen and oxygen atoms in total. The maximum absolute atomic E-state index is 12.6. The summed E-state index contributed by atoms with van der Waals surface area (Å²) in [6.07, 6.45) is 2.26. The molecule has 2 N–H and O–H groups in total. The summed E-state index contributed by atoms with van der Waals surface area (Å²) in [4.78, 5) is 26.4. The molecule has 0 fully saturated rings. The van der Waals surface area contributed by atoms with Gasteiger partial charge in [-0.1, -0.05) is 48.5 Å². The minimum Gasteiger partial charge on any atom is -0.396 e. The Balaban J connectivity index is 2.04. The van der Waals surface area contributed by atoms with Gasteiger partial charge in [-0.15, -0.1) is 0 Å². The van der Waals surface area contributed by atoms with E-state index >= 15 is 0 Å². The quantitative estimate of drug-likeness (QED) is 0.573. The van der Waals surface area contributed by atoms with Crippen LogP contribution >= 0.6 is 0 Å². The molecule has 0 bridgehead atoms. The van der Waals surface area contributed by atoms with Gasteiger partial charge in [0.25, 0.3) is 0 Å². The lowest BCUT2D eigenvalue weighted by molar-refractivity contribution is -0.137. The summed E-state index contributed by atoms with van der Waals surface area (Å²) >= 11 is 0. The van der Waals surface area contributed by atoms with Gasteiger partial charge in [0.1, 0.15) is 0 Å². The van der Waals surface area contributed by atoms with Crippen molar-refractivity contribution in [2.75, 3.05) is 18.1 Å². The number of hydrogen-bond acceptors (Lipinski definition) is 3. The van der Waals surface area contributed by atoms with E-state index in [4.69, 9.17) is 5.11 Å². The summed E-state index contributed by atoms with van der Waals surface area (Å²) in [6, 6.07) is 18.8. The van der Waals surface area contributed by atoms with E-state index in [1.54, 1.807) is 0 Å². The number of hydrogen-bond donors (Lipinski definition) is 2. The van der Waals surface area contributed by atoms with Crippen LogP contribution in [0.2, 0.25) is 0 Å². The number of carbonyl (C=O) groups is 2. The van der Waals surface area contributed by atoms with Crippen molar-refractivity contribution in [1.29, 1.82) is 0 Å². The molecule has 0 heterocycles. The van der Waals surface area contributed by atoms with E-state index in [1.165, 1.54) is 4.90 Å². The molecule has 2 aromatic rings. The van der Waals surface area contributed by atoms with E-state index in [9.17, 15) is 9.59 Å². The van der Waals surface area contributed by atoms with Crippen LogP contribution in [-0.4, -0.2) is 30.1 Å². The molecule has 0 saturated carbocycles. The van der Waals surface area contributed by atoms with E-state index in [0.717, 1.165) is 18.4 Å². The number of nitrogens with one attached hydrogen (secondary N) is 1. The van der Waals surface area contributed by atoms with Gasteiger partial charge in [0.2, 0.25) is 0 Å². The van der Waals surface area contributed by atoms with Crippen molar-refractivity contribution >= 4 is 17.5 Å². The molecular weight excluding hydrogens is 316 g/mol. The summed E-state index contributed by atoms with van der Waals surface area (Å²) in [5.74, 6) is -1.18. The van der Waals surface area contributed by atoms with Gasteiger partial charge in [0.15, 0.2) is 0 Å². The zero-order chi connectivity index (χ0) is 17.9. The Labute approximate surface area is 148 Å². The van der Waals surface area contributed by atoms with Gasteiger partial charge in [-0.25, -0.2) is 0 Å². The number of aliphatic hydroxyl groups is 1. The number of benzene rings is 2. The molecule has 5 heteroatoms. The smallest absolute Gasteiger partial charge is 0.316 e. The highest BCUT2D eigenvalue weighted by Gasteiger charge is 2.23. The highest BCUT2D eigenvalue weighted by Crippen LogP contribution is 2.17. The van der Waals surface area contributed by atoms with Gasteiger partial charge < -0.3 is 10.4 Å². The van der Waals surface area contributed by atoms with E-state index in [0.29, 0.717) is 25.2 Å². The Morgan fingerprint density at radius 3 is 2.16 bits per heavy atom. The Kier molecular flexibility index (Phi) is 7.66. The van der Waals surface area contributed by atoms with E-state index < -0.39 is 11.8 Å². The van der Waals surface area contributed by atoms with E-state index in [1.807, 2.05) is 60.7 Å². The second-order valence-electron chi connectivity index (χ2n) is 5.75. The zero-order valence-electron chi connectivity index (χ0n) is 14.2. The van der Waals surface area contributed by atoms with Crippen LogP contribution in [-0.2, 0) is 16.1 Å². The summed E-state index contributed by atoms with van der Waals surface area (Å²) in [5.41, 5.74) is 1.64. The number of unbranched alkanes of at least 4 members (excludes halogenated alkanes) is 2. The molecule has 2 amide bonds. The molecule has 0 saturated heterocycles. The number of rotatable bonds is 8. The van der Waals surface area contributed by atoms with Crippen molar-refractivity contribution in [3.8, 4) is 0 Å². The van der Waals surface area contributed by atoms with Gasteiger partial charge >= 0.3 is 11.8 Å². The number of anilines is 1. The molecule has 0 spiro atoms. The zero-order valence-corrected chi connectivity index (χ0v) is 14.2. The number of para-hydroxylation sites is 1. The summed E-state index contributed by atoms with van der Waals surface area (Å²) in [7, 11) is 0. The average Bonchev–Trinajstić information content (AvgIpc) is 2.67. The maximum atomic E-state index is 12.6. The Morgan fingerprint density at radius 1 is 0.880 bits per heavy atom. The third-order valence-corrected chi connectivity index (χ3v) is 3.81. The van der Waals surface area contributed by atoms with Crippen LogP contribution in [0.25, 0.3) is 0 Å². The van der Waals surface area contributed by atoms with Gasteiger partial charge in [0, 0.05) is 18.8 Å². The van der Waals surface area contributed by atoms with E-state index in [-0.39, 0.29) is 6.61 Å². The SMILES string of the molecule is O=C(NCCCCCO)C(=O)N(Cc1ccccc1)c1ccccc1. The fourth-order valence-corrected chi connectivity index (χ4v) is 2.47. The van der Waals surface area contributed by atoms with Crippen molar-refractivity contribution in [2.45, 2.75) is 25.8 Å². The number of carbonyl (C=O) groups excluding carboxylic acids is 2. The standard InChI is InChI=1S/C20H24N2O3/c23-15-9-3-8-14-21-19(24)20(25)22(18-12-6-2-7-13-18)16-17-10-4-1-5-11-17/h1-2,4-7,10-13,23H,3,8-9,14-16H2,(H,21,24). The van der Waals surface area contributed by atoms with Gasteiger partial charge in [-0.2, -0.15) is 0 Å². The van der Waals surface area contributed by atoms with E-state index in [2.05, 4.69) is 5.32 Å². The lowest BCUT2D eigenvalue weighted by atomic mass is 10.2. The highest BCUT2D eigenvalue weighted by atomic mass is 16.3. The van der Waals surface area contributed by atoms with Gasteiger partial charge in [-0.05, 0) is 37.0 Å². The Morgan fingerprint density at radius 2 is 1.52 bits per heavy atom. The highest BCUT2D eigenvalue weighted by molar-refractivity contribution is 6.40. The van der Waals surface area contributed by atoms with Gasteiger partial charge in [-0.3, -0.25) is 14.5 Å². The largest absolute Gasteiger partial charge is 0.396 e. The molecule has 0 aromatic heterocycles. The second-order valence-corrected chi connectivity index (χ2v) is 5.75. The van der Waals surface area contributed by atoms with Crippen molar-refractivity contribution in [3.05, 3.63) is 66.2 Å². The molecule has 0 aliphatic rings. The fraction of sp³-hybridized carbons (Fsp3) is 0.300. The van der Waals surface area contributed by atoms with Crippen molar-refractivity contribution in [1.82, 2.24) is 5.32 Å². The molecule has 132 valence electrons. The maximum Gasteiger partial charge on any atom is 0.316 e. The third kappa shape index (κ3) is 6.04. The molecule has 0 atom stereocenters. The molecule has 0 unspecified atom stereocenters. The summed E-state index contributed by atoms with van der Waals surface area (Å²) < 4.78 is 0. The summed E-state index contributed by atoms with van der Waals surface area (Å²) in [5, 5.41) is 11.4. The monoisotopic (exact) mass is 340 g/mol. The van der Waals surface area contributed by atoms with Gasteiger partial charge in [0.05, 0.1) is 6.54 Å². The molecule has 2 aromatic carbocycles. The van der Waals surface area contributed by atoms with Crippen LogP contribution in [0.4, 0.5) is 5.69 Å². The normalized spacial score (nSPS) is 10.3. The van der Waals surface area contributed by atoms with Crippen LogP contribution in [0.1, 0.15) is 24.8 Å². The fourth-order valence-electron chi connectivity index (χ4n) is 2.47. The number of aliphatic hydroxyl groups excluding tert-OH is 1. The lowest BCUT2D eigenvalue weighted by Crippen LogP contribution is -2.43. The first-order valence-corrected chi connectivity index (χ1v) is 8.52.